The molecule has 0 spiro atoms. The number of likely N-dealkylation sites (tertiary alicyclic amines) is 1. The van der Waals surface area contributed by atoms with Crippen molar-refractivity contribution in [3.63, 3.8) is 0 Å². The molecule has 156 valence electrons. The third kappa shape index (κ3) is 5.40. The highest BCUT2D eigenvalue weighted by molar-refractivity contribution is 6.29. The average Bonchev–Trinajstić information content (AvgIpc) is 3.28. The molecule has 1 aromatic heterocycles. The van der Waals surface area contributed by atoms with Crippen LogP contribution in [0.5, 0.6) is 11.5 Å². The van der Waals surface area contributed by atoms with Crippen LogP contribution >= 0.6 is 11.6 Å². The van der Waals surface area contributed by atoms with Crippen LogP contribution in [0, 0.1) is 0 Å². The highest BCUT2D eigenvalue weighted by atomic mass is 35.5. The maximum atomic E-state index is 6.22. The molecule has 0 aliphatic carbocycles. The maximum absolute atomic E-state index is 6.22. The Morgan fingerprint density at radius 1 is 0.967 bits per heavy atom. The number of benzene rings is 2. The number of hydrogen-bond donors (Lipinski definition) is 1. The van der Waals surface area contributed by atoms with Crippen molar-refractivity contribution in [1.29, 1.82) is 0 Å². The summed E-state index contributed by atoms with van der Waals surface area (Å²) in [5, 5.41) is 3.66. The average molecular weight is 425 g/mol. The van der Waals surface area contributed by atoms with Crippen molar-refractivity contribution >= 4 is 23.1 Å². The van der Waals surface area contributed by atoms with Crippen LogP contribution in [0.4, 0.5) is 11.5 Å². The van der Waals surface area contributed by atoms with Gasteiger partial charge in [0.2, 0.25) is 0 Å². The summed E-state index contributed by atoms with van der Waals surface area (Å²) in [5.74, 6) is 2.82. The van der Waals surface area contributed by atoms with Gasteiger partial charge in [0.15, 0.2) is 5.82 Å². The van der Waals surface area contributed by atoms with Gasteiger partial charge in [0.05, 0.1) is 7.11 Å². The highest BCUT2D eigenvalue weighted by Crippen LogP contribution is 2.25. The van der Waals surface area contributed by atoms with Gasteiger partial charge in [-0.1, -0.05) is 11.6 Å². The van der Waals surface area contributed by atoms with E-state index in [0.29, 0.717) is 23.4 Å². The smallest absolute Gasteiger partial charge is 0.163 e. The molecule has 2 heterocycles. The van der Waals surface area contributed by atoms with Gasteiger partial charge in [0.1, 0.15) is 29.1 Å². The number of rotatable bonds is 8. The maximum Gasteiger partial charge on any atom is 0.163 e. The summed E-state index contributed by atoms with van der Waals surface area (Å²) in [7, 11) is 1.64. The monoisotopic (exact) mass is 424 g/mol. The van der Waals surface area contributed by atoms with Crippen molar-refractivity contribution in [2.45, 2.75) is 12.8 Å². The predicted octanol–water partition coefficient (Wildman–Crippen LogP) is 5.02. The van der Waals surface area contributed by atoms with Crippen molar-refractivity contribution in [2.24, 2.45) is 0 Å². The molecule has 1 fully saturated rings. The lowest BCUT2D eigenvalue weighted by molar-refractivity contribution is 0.238. The minimum absolute atomic E-state index is 0.375. The molecular formula is C23H25ClN4O2. The Labute approximate surface area is 181 Å². The molecule has 0 saturated carbocycles. The van der Waals surface area contributed by atoms with Crippen LogP contribution in [0.1, 0.15) is 12.8 Å². The quantitative estimate of drug-likeness (QED) is 0.512. The molecule has 2 aromatic carbocycles. The number of nitrogens with one attached hydrogen (secondary N) is 1. The number of ether oxygens (including phenoxy) is 2. The predicted molar refractivity (Wildman–Crippen MR) is 120 cm³/mol. The first-order chi connectivity index (χ1) is 14.7. The van der Waals surface area contributed by atoms with Gasteiger partial charge in [0.25, 0.3) is 0 Å². The fourth-order valence-electron chi connectivity index (χ4n) is 3.43. The molecule has 1 saturated heterocycles. The molecule has 1 aliphatic rings. The van der Waals surface area contributed by atoms with Gasteiger partial charge in [-0.2, -0.15) is 0 Å². The van der Waals surface area contributed by atoms with Crippen LogP contribution in [0.2, 0.25) is 5.15 Å². The summed E-state index contributed by atoms with van der Waals surface area (Å²) in [6, 6.07) is 17.1. The fraction of sp³-hybridized carbons (Fsp3) is 0.304. The largest absolute Gasteiger partial charge is 0.497 e. The molecule has 7 heteroatoms. The molecule has 0 radical (unpaired) electrons. The summed E-state index contributed by atoms with van der Waals surface area (Å²) >= 11 is 6.22. The first-order valence-electron chi connectivity index (χ1n) is 10.1. The van der Waals surface area contributed by atoms with Crippen LogP contribution in [-0.2, 0) is 0 Å². The van der Waals surface area contributed by atoms with E-state index in [0.717, 1.165) is 29.3 Å². The zero-order valence-corrected chi connectivity index (χ0v) is 17.7. The van der Waals surface area contributed by atoms with E-state index in [4.69, 9.17) is 21.1 Å². The van der Waals surface area contributed by atoms with E-state index >= 15 is 0 Å². The van der Waals surface area contributed by atoms with Crippen molar-refractivity contribution in [3.05, 3.63) is 59.8 Å². The van der Waals surface area contributed by atoms with Crippen molar-refractivity contribution in [1.82, 2.24) is 14.9 Å². The molecule has 0 amide bonds. The lowest BCUT2D eigenvalue weighted by atomic mass is 10.2. The second-order valence-corrected chi connectivity index (χ2v) is 7.56. The van der Waals surface area contributed by atoms with Gasteiger partial charge < -0.3 is 14.8 Å². The van der Waals surface area contributed by atoms with Gasteiger partial charge in [-0.3, -0.25) is 4.90 Å². The van der Waals surface area contributed by atoms with E-state index in [2.05, 4.69) is 20.2 Å². The minimum Gasteiger partial charge on any atom is -0.497 e. The number of anilines is 2. The van der Waals surface area contributed by atoms with Crippen LogP contribution in [0.25, 0.3) is 11.4 Å². The third-order valence-corrected chi connectivity index (χ3v) is 5.24. The standard InChI is InChI=1S/C23H25ClN4O2/c1-29-19-8-4-17(5-9-19)23-26-21(24)16-22(27-23)25-18-6-10-20(11-7-18)30-15-14-28-12-2-3-13-28/h4-11,16H,2-3,12-15H2,1H3,(H,25,26,27). The highest BCUT2D eigenvalue weighted by Gasteiger charge is 2.11. The summed E-state index contributed by atoms with van der Waals surface area (Å²) in [6.07, 6.45) is 2.60. The normalized spacial score (nSPS) is 13.9. The zero-order valence-electron chi connectivity index (χ0n) is 17.0. The number of nitrogens with zero attached hydrogens (tertiary/aromatic N) is 3. The van der Waals surface area contributed by atoms with E-state index in [-0.39, 0.29) is 0 Å². The Hall–Kier alpha value is -2.83. The second kappa shape index (κ2) is 9.78. The molecule has 30 heavy (non-hydrogen) atoms. The summed E-state index contributed by atoms with van der Waals surface area (Å²) < 4.78 is 11.1. The van der Waals surface area contributed by atoms with Crippen molar-refractivity contribution < 1.29 is 9.47 Å². The molecule has 4 rings (SSSR count). The Morgan fingerprint density at radius 3 is 2.37 bits per heavy atom. The third-order valence-electron chi connectivity index (χ3n) is 5.04. The van der Waals surface area contributed by atoms with Gasteiger partial charge in [-0.15, -0.1) is 0 Å². The zero-order chi connectivity index (χ0) is 20.8. The van der Waals surface area contributed by atoms with Gasteiger partial charge in [-0.05, 0) is 74.5 Å². The van der Waals surface area contributed by atoms with Crippen LogP contribution in [0.3, 0.4) is 0 Å². The second-order valence-electron chi connectivity index (χ2n) is 7.17. The van der Waals surface area contributed by atoms with Gasteiger partial charge in [0, 0.05) is 23.9 Å². The number of hydrogen-bond acceptors (Lipinski definition) is 6. The van der Waals surface area contributed by atoms with E-state index in [1.54, 1.807) is 13.2 Å². The summed E-state index contributed by atoms with van der Waals surface area (Å²) in [6.45, 7) is 4.06. The minimum atomic E-state index is 0.375. The summed E-state index contributed by atoms with van der Waals surface area (Å²) in [5.41, 5.74) is 1.76. The summed E-state index contributed by atoms with van der Waals surface area (Å²) in [4.78, 5) is 11.4. The Bertz CT molecular complexity index is 958. The lowest BCUT2D eigenvalue weighted by Gasteiger charge is -2.15. The molecular weight excluding hydrogens is 400 g/mol. The molecule has 0 bridgehead atoms. The van der Waals surface area contributed by atoms with Gasteiger partial charge >= 0.3 is 0 Å². The van der Waals surface area contributed by atoms with Crippen molar-refractivity contribution in [2.75, 3.05) is 38.7 Å². The number of halogens is 1. The Morgan fingerprint density at radius 2 is 1.67 bits per heavy atom. The first-order valence-corrected chi connectivity index (χ1v) is 10.5. The molecule has 0 unspecified atom stereocenters. The molecule has 1 aliphatic heterocycles. The molecule has 0 atom stereocenters. The molecule has 6 nitrogen and oxygen atoms in total. The van der Waals surface area contributed by atoms with Crippen LogP contribution in [-0.4, -0.2) is 48.2 Å². The van der Waals surface area contributed by atoms with E-state index < -0.39 is 0 Å². The SMILES string of the molecule is COc1ccc(-c2nc(Cl)cc(Nc3ccc(OCCN4CCCC4)cc3)n2)cc1. The number of aromatic nitrogens is 2. The van der Waals surface area contributed by atoms with E-state index in [1.165, 1.54) is 25.9 Å². The fourth-order valence-corrected chi connectivity index (χ4v) is 3.62. The van der Waals surface area contributed by atoms with Crippen molar-refractivity contribution in [3.8, 4) is 22.9 Å². The van der Waals surface area contributed by atoms with E-state index in [1.807, 2.05) is 48.5 Å². The molecule has 1 N–H and O–H groups in total. The lowest BCUT2D eigenvalue weighted by Crippen LogP contribution is -2.25. The van der Waals surface area contributed by atoms with Crippen LogP contribution < -0.4 is 14.8 Å². The topological polar surface area (TPSA) is 59.5 Å². The van der Waals surface area contributed by atoms with Crippen LogP contribution in [0.15, 0.2) is 54.6 Å². The Kier molecular flexibility index (Phi) is 6.67. The first kappa shape index (κ1) is 20.4. The molecule has 3 aromatic rings. The van der Waals surface area contributed by atoms with Gasteiger partial charge in [-0.25, -0.2) is 9.97 Å². The number of methoxy groups -OCH3 is 1. The van der Waals surface area contributed by atoms with E-state index in [9.17, 15) is 0 Å². The Balaban J connectivity index is 1.38.